The molecule has 4 nitrogen and oxygen atoms in total. The van der Waals surface area contributed by atoms with E-state index in [-0.39, 0.29) is 11.3 Å². The number of alkyl halides is 3. The van der Waals surface area contributed by atoms with Crippen molar-refractivity contribution in [2.24, 2.45) is 0 Å². The summed E-state index contributed by atoms with van der Waals surface area (Å²) in [6, 6.07) is 6.82. The van der Waals surface area contributed by atoms with Crippen LogP contribution in [0.4, 0.5) is 13.2 Å². The zero-order valence-electron chi connectivity index (χ0n) is 15.7. The van der Waals surface area contributed by atoms with Crippen molar-refractivity contribution in [1.82, 2.24) is 10.2 Å². The van der Waals surface area contributed by atoms with Crippen LogP contribution in [0.1, 0.15) is 37.7 Å². The second-order valence-corrected chi connectivity index (χ2v) is 7.54. The highest BCUT2D eigenvalue weighted by Gasteiger charge is 2.38. The number of hydrogen-bond donors (Lipinski definition) is 1. The van der Waals surface area contributed by atoms with Crippen molar-refractivity contribution in [3.63, 3.8) is 0 Å². The molecule has 1 aromatic rings. The largest absolute Gasteiger partial charge is 0.484 e. The average Bonchev–Trinajstić information content (AvgIpc) is 2.68. The molecule has 152 valence electrons. The molecule has 0 spiro atoms. The van der Waals surface area contributed by atoms with Crippen molar-refractivity contribution in [1.29, 1.82) is 0 Å². The third kappa shape index (κ3) is 6.09. The Bertz CT molecular complexity index is 566. The van der Waals surface area contributed by atoms with Gasteiger partial charge in [0.05, 0.1) is 0 Å². The van der Waals surface area contributed by atoms with E-state index in [1.807, 2.05) is 12.1 Å². The monoisotopic (exact) mass is 386 g/mol. The van der Waals surface area contributed by atoms with Gasteiger partial charge in [-0.25, -0.2) is 0 Å². The molecule has 1 N–H and O–H groups in total. The highest BCUT2D eigenvalue weighted by molar-refractivity contribution is 5.27. The lowest BCUT2D eigenvalue weighted by molar-refractivity contribution is -0.153. The van der Waals surface area contributed by atoms with Gasteiger partial charge in [-0.1, -0.05) is 18.6 Å². The second-order valence-electron chi connectivity index (χ2n) is 7.54. The molecule has 3 rings (SSSR count). The van der Waals surface area contributed by atoms with E-state index < -0.39 is 12.8 Å². The molecule has 0 bridgehead atoms. The minimum atomic E-state index is -4.31. The number of hydrogen-bond acceptors (Lipinski definition) is 4. The fourth-order valence-electron chi connectivity index (χ4n) is 4.03. The second kappa shape index (κ2) is 9.26. The van der Waals surface area contributed by atoms with Crippen LogP contribution in [0.2, 0.25) is 0 Å². The summed E-state index contributed by atoms with van der Waals surface area (Å²) in [5, 5.41) is 3.57. The Kier molecular flexibility index (Phi) is 7.00. The molecule has 0 amide bonds. The fourth-order valence-corrected chi connectivity index (χ4v) is 4.03. The molecule has 27 heavy (non-hydrogen) atoms. The van der Waals surface area contributed by atoms with Crippen LogP contribution in [0.3, 0.4) is 0 Å². The van der Waals surface area contributed by atoms with E-state index in [2.05, 4.69) is 10.2 Å². The molecule has 0 radical (unpaired) electrons. The van der Waals surface area contributed by atoms with Gasteiger partial charge in [-0.05, 0) is 56.5 Å². The summed E-state index contributed by atoms with van der Waals surface area (Å²) in [4.78, 5) is 2.64. The number of piperidine rings is 1. The standard InChI is InChI=1S/C20H29F3N2O2/c21-20(22,23)16-27-18-6-4-17(5-7-18)14-24-15-19(8-12-26-13-9-19)25-10-2-1-3-11-25/h4-7,24H,1-3,8-16H2. The Hall–Kier alpha value is -1.31. The Balaban J connectivity index is 1.51. The third-order valence-electron chi connectivity index (χ3n) is 5.56. The maximum absolute atomic E-state index is 12.2. The zero-order chi connectivity index (χ0) is 19.2. The number of rotatable bonds is 7. The van der Waals surface area contributed by atoms with E-state index >= 15 is 0 Å². The van der Waals surface area contributed by atoms with Crippen LogP contribution in [-0.2, 0) is 11.3 Å². The summed E-state index contributed by atoms with van der Waals surface area (Å²) in [5.41, 5.74) is 1.20. The number of likely N-dealkylation sites (tertiary alicyclic amines) is 1. The van der Waals surface area contributed by atoms with E-state index in [1.54, 1.807) is 12.1 Å². The highest BCUT2D eigenvalue weighted by atomic mass is 19.4. The minimum absolute atomic E-state index is 0.161. The van der Waals surface area contributed by atoms with Crippen LogP contribution in [-0.4, -0.2) is 56.1 Å². The third-order valence-corrected chi connectivity index (χ3v) is 5.56. The van der Waals surface area contributed by atoms with E-state index in [9.17, 15) is 13.2 Å². The number of benzene rings is 1. The molecule has 2 fully saturated rings. The van der Waals surface area contributed by atoms with Crippen molar-refractivity contribution >= 4 is 0 Å². The molecule has 1 aromatic carbocycles. The average molecular weight is 386 g/mol. The number of nitrogens with zero attached hydrogens (tertiary/aromatic N) is 1. The van der Waals surface area contributed by atoms with Gasteiger partial charge in [0.1, 0.15) is 5.75 Å². The van der Waals surface area contributed by atoms with Gasteiger partial charge in [0, 0.05) is 31.8 Å². The van der Waals surface area contributed by atoms with Crippen LogP contribution in [0, 0.1) is 0 Å². The molecular weight excluding hydrogens is 357 g/mol. The SMILES string of the molecule is FC(F)(F)COc1ccc(CNCC2(N3CCCCC3)CCOCC2)cc1. The summed E-state index contributed by atoms with van der Waals surface area (Å²) < 4.78 is 47.0. The molecule has 0 saturated carbocycles. The number of nitrogens with one attached hydrogen (secondary N) is 1. The fraction of sp³-hybridized carbons (Fsp3) is 0.700. The summed E-state index contributed by atoms with van der Waals surface area (Å²) in [6.07, 6.45) is 1.63. The van der Waals surface area contributed by atoms with Crippen molar-refractivity contribution in [3.05, 3.63) is 29.8 Å². The minimum Gasteiger partial charge on any atom is -0.484 e. The molecule has 2 aliphatic rings. The van der Waals surface area contributed by atoms with E-state index in [0.717, 1.165) is 51.3 Å². The summed E-state index contributed by atoms with van der Waals surface area (Å²) in [5.74, 6) is 0.241. The van der Waals surface area contributed by atoms with Crippen LogP contribution in [0.25, 0.3) is 0 Å². The topological polar surface area (TPSA) is 33.7 Å². The Morgan fingerprint density at radius 2 is 1.70 bits per heavy atom. The molecule has 2 aliphatic heterocycles. The molecular formula is C20H29F3N2O2. The normalized spacial score (nSPS) is 21.1. The van der Waals surface area contributed by atoms with Crippen molar-refractivity contribution in [2.45, 2.75) is 50.4 Å². The molecule has 0 unspecified atom stereocenters. The van der Waals surface area contributed by atoms with Crippen LogP contribution in [0.15, 0.2) is 24.3 Å². The smallest absolute Gasteiger partial charge is 0.422 e. The highest BCUT2D eigenvalue weighted by Crippen LogP contribution is 2.30. The van der Waals surface area contributed by atoms with Crippen molar-refractivity contribution < 1.29 is 22.6 Å². The van der Waals surface area contributed by atoms with Gasteiger partial charge in [-0.3, -0.25) is 4.90 Å². The quantitative estimate of drug-likeness (QED) is 0.774. The number of ether oxygens (including phenoxy) is 2. The maximum Gasteiger partial charge on any atom is 0.422 e. The molecule has 7 heteroatoms. The summed E-state index contributed by atoms with van der Waals surface area (Å²) in [7, 11) is 0. The maximum atomic E-state index is 12.2. The Morgan fingerprint density at radius 1 is 1.04 bits per heavy atom. The first-order valence-electron chi connectivity index (χ1n) is 9.79. The van der Waals surface area contributed by atoms with Crippen LogP contribution < -0.4 is 10.1 Å². The predicted octanol–water partition coefficient (Wildman–Crippen LogP) is 3.75. The van der Waals surface area contributed by atoms with Crippen LogP contribution in [0.5, 0.6) is 5.75 Å². The van der Waals surface area contributed by atoms with Gasteiger partial charge in [0.25, 0.3) is 0 Å². The molecule has 0 aromatic heterocycles. The molecule has 2 saturated heterocycles. The van der Waals surface area contributed by atoms with Gasteiger partial charge < -0.3 is 14.8 Å². The first-order chi connectivity index (χ1) is 13.0. The van der Waals surface area contributed by atoms with Gasteiger partial charge in [0.2, 0.25) is 0 Å². The van der Waals surface area contributed by atoms with Gasteiger partial charge in [-0.15, -0.1) is 0 Å². The Labute approximate surface area is 159 Å². The van der Waals surface area contributed by atoms with E-state index in [1.165, 1.54) is 19.3 Å². The molecule has 0 aliphatic carbocycles. The van der Waals surface area contributed by atoms with Gasteiger partial charge in [0.15, 0.2) is 6.61 Å². The van der Waals surface area contributed by atoms with Crippen molar-refractivity contribution in [2.75, 3.05) is 39.5 Å². The molecule has 2 heterocycles. The lowest BCUT2D eigenvalue weighted by Gasteiger charge is -2.48. The van der Waals surface area contributed by atoms with Crippen molar-refractivity contribution in [3.8, 4) is 5.75 Å². The summed E-state index contributed by atoms with van der Waals surface area (Å²) >= 11 is 0. The van der Waals surface area contributed by atoms with E-state index in [4.69, 9.17) is 9.47 Å². The first kappa shape index (κ1) is 20.4. The number of halogens is 3. The van der Waals surface area contributed by atoms with Gasteiger partial charge >= 0.3 is 6.18 Å². The first-order valence-corrected chi connectivity index (χ1v) is 9.79. The van der Waals surface area contributed by atoms with Gasteiger partial charge in [-0.2, -0.15) is 13.2 Å². The zero-order valence-corrected chi connectivity index (χ0v) is 15.7. The predicted molar refractivity (Wildman–Crippen MR) is 97.9 cm³/mol. The summed E-state index contributed by atoms with van der Waals surface area (Å²) in [6.45, 7) is 4.27. The van der Waals surface area contributed by atoms with E-state index in [0.29, 0.717) is 6.54 Å². The lowest BCUT2D eigenvalue weighted by atomic mass is 9.86. The Morgan fingerprint density at radius 3 is 2.33 bits per heavy atom. The van der Waals surface area contributed by atoms with Crippen LogP contribution >= 0.6 is 0 Å². The molecule has 0 atom stereocenters. The lowest BCUT2D eigenvalue weighted by Crippen LogP contribution is -2.59.